The molecule has 1 saturated carbocycles. The Morgan fingerprint density at radius 2 is 1.84 bits per heavy atom. The fourth-order valence-electron chi connectivity index (χ4n) is 7.93. The highest BCUT2D eigenvalue weighted by atomic mass is 35.5. The van der Waals surface area contributed by atoms with E-state index in [9.17, 15) is 31.5 Å². The number of amides is 2. The molecule has 314 valence electrons. The van der Waals surface area contributed by atoms with Crippen molar-refractivity contribution in [1.29, 1.82) is 0 Å². The number of benzene rings is 2. The number of carbonyl (C=O) groups excluding carboxylic acids is 2. The molecular weight excluding hydrogens is 794 g/mol. The Bertz CT molecular complexity index is 2020. The summed E-state index contributed by atoms with van der Waals surface area (Å²) in [6, 6.07) is 10.6. The number of anilines is 1. The average Bonchev–Trinajstić information content (AvgIpc) is 3.17. The van der Waals surface area contributed by atoms with Crippen LogP contribution >= 0.6 is 11.6 Å². The molecule has 2 amide bonds. The van der Waals surface area contributed by atoms with Crippen molar-refractivity contribution < 1.29 is 41.0 Å². The van der Waals surface area contributed by atoms with E-state index in [2.05, 4.69) is 15.9 Å². The summed E-state index contributed by atoms with van der Waals surface area (Å²) < 4.78 is 65.6. The minimum absolute atomic E-state index is 0.0639. The number of sulfone groups is 1. The van der Waals surface area contributed by atoms with Crippen LogP contribution in [0.2, 0.25) is 5.02 Å². The first-order chi connectivity index (χ1) is 27.0. The maximum atomic E-state index is 13.9. The van der Waals surface area contributed by atoms with Gasteiger partial charge in [-0.15, -0.1) is 0 Å². The van der Waals surface area contributed by atoms with Gasteiger partial charge in [0.2, 0.25) is 5.91 Å². The predicted octanol–water partition coefficient (Wildman–Crippen LogP) is 3.12. The zero-order valence-electron chi connectivity index (χ0n) is 33.1. The second-order valence-corrected chi connectivity index (χ2v) is 20.5. The lowest BCUT2D eigenvalue weighted by molar-refractivity contribution is -0.148. The third-order valence-electron chi connectivity index (χ3n) is 11.8. The van der Waals surface area contributed by atoms with E-state index in [1.165, 1.54) is 25.1 Å². The largest absolute Gasteiger partial charge is 0.487 e. The number of carbonyl (C=O) groups is 2. The molecule has 17 heteroatoms. The van der Waals surface area contributed by atoms with Crippen LogP contribution in [0.1, 0.15) is 55.2 Å². The molecule has 0 unspecified atom stereocenters. The monoisotopic (exact) mass is 849 g/mol. The van der Waals surface area contributed by atoms with Crippen LogP contribution in [0.25, 0.3) is 0 Å². The summed E-state index contributed by atoms with van der Waals surface area (Å²) in [6.07, 6.45) is 8.06. The molecule has 1 aliphatic carbocycles. The maximum Gasteiger partial charge on any atom is 0.303 e. The highest BCUT2D eigenvalue weighted by molar-refractivity contribution is 7.91. The van der Waals surface area contributed by atoms with E-state index >= 15 is 0 Å². The number of rotatable bonds is 7. The quantitative estimate of drug-likeness (QED) is 0.394. The van der Waals surface area contributed by atoms with Gasteiger partial charge in [0.1, 0.15) is 12.4 Å². The Morgan fingerprint density at radius 1 is 1.07 bits per heavy atom. The Morgan fingerprint density at radius 3 is 2.56 bits per heavy atom. The van der Waals surface area contributed by atoms with Gasteiger partial charge >= 0.3 is 10.2 Å². The normalized spacial score (nSPS) is 26.9. The summed E-state index contributed by atoms with van der Waals surface area (Å²) in [5, 5.41) is 13.0. The van der Waals surface area contributed by atoms with E-state index in [0.29, 0.717) is 62.2 Å². The van der Waals surface area contributed by atoms with Crippen LogP contribution in [-0.2, 0) is 53.0 Å². The molecule has 2 aromatic carbocycles. The van der Waals surface area contributed by atoms with Crippen LogP contribution < -0.4 is 14.4 Å². The fraction of sp³-hybridized carbons (Fsp3) is 0.600. The molecular formula is C40H56ClN5O9S2. The molecule has 2 bridgehead atoms. The van der Waals surface area contributed by atoms with Gasteiger partial charge in [0, 0.05) is 65.4 Å². The number of aryl methyl sites for hydroxylation is 1. The van der Waals surface area contributed by atoms with E-state index in [-0.39, 0.29) is 48.2 Å². The van der Waals surface area contributed by atoms with E-state index in [4.69, 9.17) is 21.1 Å². The van der Waals surface area contributed by atoms with Crippen LogP contribution in [0.15, 0.2) is 48.6 Å². The zero-order valence-corrected chi connectivity index (χ0v) is 35.5. The van der Waals surface area contributed by atoms with Crippen molar-refractivity contribution >= 4 is 49.1 Å². The van der Waals surface area contributed by atoms with Crippen molar-refractivity contribution in [1.82, 2.24) is 18.8 Å². The molecule has 0 spiro atoms. The van der Waals surface area contributed by atoms with Crippen molar-refractivity contribution in [2.75, 3.05) is 83.4 Å². The minimum atomic E-state index is -4.32. The van der Waals surface area contributed by atoms with E-state index < -0.39 is 43.9 Å². The molecule has 1 saturated heterocycles. The topological polar surface area (TPSA) is 166 Å². The van der Waals surface area contributed by atoms with Gasteiger partial charge in [-0.25, -0.2) is 13.1 Å². The highest BCUT2D eigenvalue weighted by Gasteiger charge is 2.44. The van der Waals surface area contributed by atoms with Crippen LogP contribution in [-0.4, -0.2) is 132 Å². The lowest BCUT2D eigenvalue weighted by atomic mass is 9.70. The summed E-state index contributed by atoms with van der Waals surface area (Å²) in [4.78, 5) is 33.5. The van der Waals surface area contributed by atoms with E-state index in [1.807, 2.05) is 29.0 Å². The predicted molar refractivity (Wildman–Crippen MR) is 219 cm³/mol. The van der Waals surface area contributed by atoms with Crippen molar-refractivity contribution in [2.24, 2.45) is 11.8 Å². The SMILES string of the molecule is CN1CC/C=C/[C@H](OCCN2CCS(=O)(=O)CC2)[C@@H]2CC[C@H]2CN2CCCCc3cc(Cl)ccc3COc3ccc(cc32)[C@@](O)(C(=O)NS(=O)(=O)N(C)C)CC1=O. The maximum absolute atomic E-state index is 13.9. The summed E-state index contributed by atoms with van der Waals surface area (Å²) in [7, 11) is -3.19. The van der Waals surface area contributed by atoms with Gasteiger partial charge in [-0.2, -0.15) is 12.7 Å². The van der Waals surface area contributed by atoms with Crippen molar-refractivity contribution in [3.8, 4) is 5.75 Å². The van der Waals surface area contributed by atoms with E-state index in [0.717, 1.165) is 47.5 Å². The smallest absolute Gasteiger partial charge is 0.303 e. The van der Waals surface area contributed by atoms with Crippen LogP contribution in [0.3, 0.4) is 0 Å². The Hall–Kier alpha value is -3.25. The van der Waals surface area contributed by atoms with E-state index in [1.54, 1.807) is 19.2 Å². The van der Waals surface area contributed by atoms with Gasteiger partial charge in [-0.05, 0) is 91.3 Å². The molecule has 4 atom stereocenters. The third kappa shape index (κ3) is 10.7. The van der Waals surface area contributed by atoms with Gasteiger partial charge in [0.25, 0.3) is 5.91 Å². The molecule has 6 rings (SSSR count). The molecule has 3 aliphatic heterocycles. The van der Waals surface area contributed by atoms with Gasteiger partial charge in [0.15, 0.2) is 15.4 Å². The van der Waals surface area contributed by atoms with Crippen molar-refractivity contribution in [3.05, 3.63) is 70.3 Å². The number of hydrogen-bond donors (Lipinski definition) is 2. The number of nitrogens with one attached hydrogen (secondary N) is 1. The standard InChI is InChI=1S/C40H56ClN5O9S2/c1-43(2)57(52,53)42-39(48)40(49)26-38(47)44(3)16-6-5-9-36(54-21-18-45-19-22-56(50,51)23-20-45)34-14-11-30(34)27-46-17-7-4-8-29-24-33(41)13-10-31(29)28-55-37-15-12-32(40)25-35(37)46/h5,9-10,12-13,15,24-25,30,34,36,49H,4,6-8,11,14,16-23,26-28H2,1-3H3,(H,42,48)/b9-5+/t30-,34+,36-,40+/m0/s1. The molecule has 57 heavy (non-hydrogen) atoms. The van der Waals surface area contributed by atoms with Gasteiger partial charge in [-0.3, -0.25) is 14.5 Å². The third-order valence-corrected chi connectivity index (χ3v) is 15.1. The van der Waals surface area contributed by atoms with Crippen LogP contribution in [0.5, 0.6) is 5.75 Å². The summed E-state index contributed by atoms with van der Waals surface area (Å²) >= 11 is 6.39. The lowest BCUT2D eigenvalue weighted by Gasteiger charge is -2.44. The average molecular weight is 851 g/mol. The molecule has 3 heterocycles. The number of aliphatic hydroxyl groups is 1. The molecule has 2 fully saturated rings. The lowest BCUT2D eigenvalue weighted by Crippen LogP contribution is -2.51. The number of fused-ring (bicyclic) bond motifs is 3. The van der Waals surface area contributed by atoms with Crippen LogP contribution in [0.4, 0.5) is 5.69 Å². The second kappa shape index (κ2) is 18.3. The van der Waals surface area contributed by atoms with Crippen molar-refractivity contribution in [3.63, 3.8) is 0 Å². The highest BCUT2D eigenvalue weighted by Crippen LogP contribution is 2.43. The Balaban J connectivity index is 1.36. The summed E-state index contributed by atoms with van der Waals surface area (Å²) in [6.45, 7) is 3.86. The van der Waals surface area contributed by atoms with Gasteiger partial charge in [-0.1, -0.05) is 35.9 Å². The Kier molecular flexibility index (Phi) is 13.9. The first-order valence-electron chi connectivity index (χ1n) is 19.8. The number of ether oxygens (including phenoxy) is 2. The number of hydrogen-bond acceptors (Lipinski definition) is 11. The molecule has 4 aliphatic rings. The van der Waals surface area contributed by atoms with Gasteiger partial charge in [0.05, 0.1) is 36.3 Å². The first kappa shape index (κ1) is 43.3. The molecule has 2 N–H and O–H groups in total. The fourth-order valence-corrected chi connectivity index (χ4v) is 9.99. The summed E-state index contributed by atoms with van der Waals surface area (Å²) in [5.74, 6) is -0.541. The Labute approximate surface area is 342 Å². The molecule has 2 aromatic rings. The molecule has 0 radical (unpaired) electrons. The molecule has 0 aromatic heterocycles. The summed E-state index contributed by atoms with van der Waals surface area (Å²) in [5.41, 5.74) is 0.237. The molecule has 14 nitrogen and oxygen atoms in total. The van der Waals surface area contributed by atoms with Gasteiger partial charge < -0.3 is 24.4 Å². The first-order valence-corrected chi connectivity index (χ1v) is 23.4. The number of halogens is 1. The second-order valence-electron chi connectivity index (χ2n) is 15.9. The zero-order chi connectivity index (χ0) is 41.0. The van der Waals surface area contributed by atoms with Crippen molar-refractivity contribution in [2.45, 2.75) is 63.3 Å². The number of nitrogens with zero attached hydrogens (tertiary/aromatic N) is 4. The van der Waals surface area contributed by atoms with Crippen LogP contribution in [0, 0.1) is 11.8 Å². The minimum Gasteiger partial charge on any atom is -0.487 e.